The van der Waals surface area contributed by atoms with Gasteiger partial charge in [-0.2, -0.15) is 5.26 Å². The standard InChI is InChI=1S/C15H15N3OS/c1-2-13-6-7-14(20-13)10-17-15(19)18-12-5-3-4-11(8-12)9-16/h3-8H,2,10H2,1H3,(H2,17,18,19). The molecule has 0 bridgehead atoms. The second kappa shape index (κ2) is 6.73. The number of urea groups is 1. The Morgan fingerprint density at radius 2 is 2.10 bits per heavy atom. The predicted octanol–water partition coefficient (Wildman–Crippen LogP) is 3.50. The molecule has 20 heavy (non-hydrogen) atoms. The number of nitriles is 1. The molecule has 0 unspecified atom stereocenters. The maximum Gasteiger partial charge on any atom is 0.319 e. The van der Waals surface area contributed by atoms with Crippen LogP contribution in [0.3, 0.4) is 0 Å². The van der Waals surface area contributed by atoms with Crippen LogP contribution in [0.1, 0.15) is 22.2 Å². The molecule has 1 aromatic carbocycles. The fraction of sp³-hybridized carbons (Fsp3) is 0.200. The van der Waals surface area contributed by atoms with Gasteiger partial charge in [-0.3, -0.25) is 0 Å². The minimum absolute atomic E-state index is 0.272. The molecule has 0 fully saturated rings. The molecule has 0 saturated heterocycles. The number of aryl methyl sites for hydroxylation is 1. The third-order valence-electron chi connectivity index (χ3n) is 2.74. The van der Waals surface area contributed by atoms with E-state index in [-0.39, 0.29) is 6.03 Å². The molecule has 0 aliphatic rings. The first kappa shape index (κ1) is 14.1. The van der Waals surface area contributed by atoms with Crippen molar-refractivity contribution < 1.29 is 4.79 Å². The molecule has 2 rings (SSSR count). The second-order valence-electron chi connectivity index (χ2n) is 4.22. The van der Waals surface area contributed by atoms with Crippen LogP contribution in [0.15, 0.2) is 36.4 Å². The molecule has 2 N–H and O–H groups in total. The number of nitrogens with one attached hydrogen (secondary N) is 2. The first-order valence-electron chi connectivity index (χ1n) is 6.34. The Morgan fingerprint density at radius 3 is 2.80 bits per heavy atom. The van der Waals surface area contributed by atoms with Crippen LogP contribution in [0.4, 0.5) is 10.5 Å². The number of anilines is 1. The molecule has 102 valence electrons. The number of carbonyl (C=O) groups is 1. The van der Waals surface area contributed by atoms with Crippen molar-refractivity contribution in [2.24, 2.45) is 0 Å². The number of benzene rings is 1. The van der Waals surface area contributed by atoms with Gasteiger partial charge < -0.3 is 10.6 Å². The van der Waals surface area contributed by atoms with Gasteiger partial charge >= 0.3 is 6.03 Å². The Balaban J connectivity index is 1.87. The summed E-state index contributed by atoms with van der Waals surface area (Å²) >= 11 is 1.70. The van der Waals surface area contributed by atoms with Crippen molar-refractivity contribution in [2.75, 3.05) is 5.32 Å². The van der Waals surface area contributed by atoms with Crippen molar-refractivity contribution in [1.82, 2.24) is 5.32 Å². The molecule has 0 saturated carbocycles. The highest BCUT2D eigenvalue weighted by Crippen LogP contribution is 2.16. The molecule has 0 aliphatic heterocycles. The van der Waals surface area contributed by atoms with Crippen molar-refractivity contribution in [3.8, 4) is 6.07 Å². The number of nitrogens with zero attached hydrogens (tertiary/aromatic N) is 1. The largest absolute Gasteiger partial charge is 0.333 e. The van der Waals surface area contributed by atoms with E-state index in [0.29, 0.717) is 17.8 Å². The molecular formula is C15H15N3OS. The van der Waals surface area contributed by atoms with E-state index in [2.05, 4.69) is 23.6 Å². The number of hydrogen-bond acceptors (Lipinski definition) is 3. The summed E-state index contributed by atoms with van der Waals surface area (Å²) in [4.78, 5) is 14.2. The van der Waals surface area contributed by atoms with E-state index in [4.69, 9.17) is 5.26 Å². The molecule has 0 aliphatic carbocycles. The summed E-state index contributed by atoms with van der Waals surface area (Å²) in [5, 5.41) is 14.3. The summed E-state index contributed by atoms with van der Waals surface area (Å²) < 4.78 is 0. The van der Waals surface area contributed by atoms with Crippen LogP contribution >= 0.6 is 11.3 Å². The maximum absolute atomic E-state index is 11.8. The van der Waals surface area contributed by atoms with Crippen molar-refractivity contribution >= 4 is 23.1 Å². The van der Waals surface area contributed by atoms with Gasteiger partial charge in [0.15, 0.2) is 0 Å². The molecule has 0 radical (unpaired) electrons. The van der Waals surface area contributed by atoms with Crippen molar-refractivity contribution in [3.63, 3.8) is 0 Å². The lowest BCUT2D eigenvalue weighted by molar-refractivity contribution is 0.252. The van der Waals surface area contributed by atoms with E-state index in [1.807, 2.05) is 12.1 Å². The molecule has 5 heteroatoms. The van der Waals surface area contributed by atoms with Gasteiger partial charge in [-0.05, 0) is 36.8 Å². The van der Waals surface area contributed by atoms with Gasteiger partial charge in [0.25, 0.3) is 0 Å². The molecule has 2 aromatic rings. The third-order valence-corrected chi connectivity index (χ3v) is 3.97. The van der Waals surface area contributed by atoms with Gasteiger partial charge in [0.1, 0.15) is 0 Å². The van der Waals surface area contributed by atoms with Crippen LogP contribution in [0.5, 0.6) is 0 Å². The number of carbonyl (C=O) groups excluding carboxylic acids is 1. The monoisotopic (exact) mass is 285 g/mol. The van der Waals surface area contributed by atoms with Gasteiger partial charge in [0, 0.05) is 15.4 Å². The molecule has 4 nitrogen and oxygen atoms in total. The van der Waals surface area contributed by atoms with Gasteiger partial charge in [-0.15, -0.1) is 11.3 Å². The van der Waals surface area contributed by atoms with Crippen LogP contribution in [-0.2, 0) is 13.0 Å². The quantitative estimate of drug-likeness (QED) is 0.903. The summed E-state index contributed by atoms with van der Waals surface area (Å²) in [6.07, 6.45) is 1.01. The van der Waals surface area contributed by atoms with Crippen LogP contribution in [-0.4, -0.2) is 6.03 Å². The highest BCUT2D eigenvalue weighted by molar-refractivity contribution is 7.11. The lowest BCUT2D eigenvalue weighted by Crippen LogP contribution is -2.27. The summed E-state index contributed by atoms with van der Waals surface area (Å²) in [5.41, 5.74) is 1.13. The van der Waals surface area contributed by atoms with Crippen LogP contribution in [0.2, 0.25) is 0 Å². The summed E-state index contributed by atoms with van der Waals surface area (Å²) in [5.74, 6) is 0. The van der Waals surface area contributed by atoms with E-state index in [0.717, 1.165) is 11.3 Å². The van der Waals surface area contributed by atoms with Gasteiger partial charge in [-0.25, -0.2) is 4.79 Å². The highest BCUT2D eigenvalue weighted by atomic mass is 32.1. The van der Waals surface area contributed by atoms with Crippen molar-refractivity contribution in [1.29, 1.82) is 5.26 Å². The van der Waals surface area contributed by atoms with Gasteiger partial charge in [0.05, 0.1) is 18.2 Å². The Kier molecular flexibility index (Phi) is 4.75. The fourth-order valence-corrected chi connectivity index (χ4v) is 2.61. The van der Waals surface area contributed by atoms with Crippen LogP contribution in [0.25, 0.3) is 0 Å². The number of rotatable bonds is 4. The Morgan fingerprint density at radius 1 is 1.30 bits per heavy atom. The van der Waals surface area contributed by atoms with Gasteiger partial charge in [-0.1, -0.05) is 13.0 Å². The van der Waals surface area contributed by atoms with Crippen molar-refractivity contribution in [3.05, 3.63) is 51.7 Å². The zero-order valence-corrected chi connectivity index (χ0v) is 12.0. The molecule has 0 atom stereocenters. The lowest BCUT2D eigenvalue weighted by Gasteiger charge is -2.06. The lowest BCUT2D eigenvalue weighted by atomic mass is 10.2. The Hall–Kier alpha value is -2.32. The normalized spacial score (nSPS) is 9.80. The van der Waals surface area contributed by atoms with Gasteiger partial charge in [0.2, 0.25) is 0 Å². The fourth-order valence-electron chi connectivity index (χ4n) is 1.72. The first-order chi connectivity index (χ1) is 9.71. The molecule has 0 spiro atoms. The zero-order chi connectivity index (χ0) is 14.4. The van der Waals surface area contributed by atoms with Crippen LogP contribution in [0, 0.1) is 11.3 Å². The SMILES string of the molecule is CCc1ccc(CNC(=O)Nc2cccc(C#N)c2)s1. The number of amides is 2. The minimum Gasteiger partial charge on any atom is -0.333 e. The van der Waals surface area contributed by atoms with E-state index in [1.165, 1.54) is 4.88 Å². The number of thiophene rings is 1. The van der Waals surface area contributed by atoms with E-state index < -0.39 is 0 Å². The predicted molar refractivity (Wildman–Crippen MR) is 80.7 cm³/mol. The smallest absolute Gasteiger partial charge is 0.319 e. The molecule has 1 aromatic heterocycles. The van der Waals surface area contributed by atoms with E-state index in [1.54, 1.807) is 35.6 Å². The molecule has 1 heterocycles. The summed E-state index contributed by atoms with van der Waals surface area (Å²) in [6, 6.07) is 12.7. The Bertz CT molecular complexity index is 643. The summed E-state index contributed by atoms with van der Waals surface area (Å²) in [7, 11) is 0. The highest BCUT2D eigenvalue weighted by Gasteiger charge is 2.04. The van der Waals surface area contributed by atoms with Crippen LogP contribution < -0.4 is 10.6 Å². The third kappa shape index (κ3) is 3.84. The maximum atomic E-state index is 11.8. The second-order valence-corrected chi connectivity index (χ2v) is 5.47. The van der Waals surface area contributed by atoms with E-state index >= 15 is 0 Å². The average molecular weight is 285 g/mol. The molecular weight excluding hydrogens is 270 g/mol. The average Bonchev–Trinajstić information content (AvgIpc) is 2.93. The Labute approximate surface area is 122 Å². The molecule has 2 amide bonds. The van der Waals surface area contributed by atoms with Crippen molar-refractivity contribution in [2.45, 2.75) is 19.9 Å². The minimum atomic E-state index is -0.272. The summed E-state index contributed by atoms with van der Waals surface area (Å²) in [6.45, 7) is 2.62. The first-order valence-corrected chi connectivity index (χ1v) is 7.15. The topological polar surface area (TPSA) is 64.9 Å². The zero-order valence-electron chi connectivity index (χ0n) is 11.1. The number of hydrogen-bond donors (Lipinski definition) is 2. The van der Waals surface area contributed by atoms with E-state index in [9.17, 15) is 4.79 Å².